The van der Waals surface area contributed by atoms with Crippen molar-refractivity contribution in [2.75, 3.05) is 0 Å². The summed E-state index contributed by atoms with van der Waals surface area (Å²) in [4.78, 5) is 0. The van der Waals surface area contributed by atoms with Crippen molar-refractivity contribution >= 4 is 18.3 Å². The highest BCUT2D eigenvalue weighted by Gasteiger charge is 0.0814. The first-order chi connectivity index (χ1) is 0. The molecule has 0 spiro atoms. The van der Waals surface area contributed by atoms with Crippen LogP contribution in [0.2, 0.25) is 0 Å². The molecule has 0 radical (unpaired) electrons. The molecule has 5 N–H and O–H groups in total. The normalized spacial score (nSPS) is 0. The van der Waals surface area contributed by atoms with Crippen molar-refractivity contribution in [1.82, 2.24) is 6.15 Å². The molecule has 0 aromatic heterocycles. The quantitative estimate of drug-likeness (QED) is 0.272. The van der Waals surface area contributed by atoms with Gasteiger partial charge in [0, 0.05) is 0 Å². The number of hydrogen-bond acceptors (Lipinski definition) is 1. The first-order valence-electron chi connectivity index (χ1n) is 0. The van der Waals surface area contributed by atoms with Crippen LogP contribution in [0, 0.1) is 0 Å². The van der Waals surface area contributed by atoms with Crippen molar-refractivity contribution in [2.24, 2.45) is 0 Å². The molecule has 0 aliphatic rings. The SMILES string of the molecule is B.N.O.P. The Hall–Kier alpha value is 0.415. The van der Waals surface area contributed by atoms with E-state index in [2.05, 4.69) is 0 Å². The molecule has 0 bridgehead atoms. The van der Waals surface area contributed by atoms with Crippen LogP contribution in [0.1, 0.15) is 0 Å². The minimum Gasteiger partial charge on any atom is -0.412 e. The van der Waals surface area contributed by atoms with Gasteiger partial charge in [-0.05, 0) is 0 Å². The highest BCUT2D eigenvalue weighted by molar-refractivity contribution is 6.92. The molecule has 0 heterocycles. The van der Waals surface area contributed by atoms with Gasteiger partial charge in [0.05, 0.1) is 8.41 Å². The third kappa shape index (κ3) is 28.1. The lowest BCUT2D eigenvalue weighted by atomic mass is 10.8. The standard InChI is InChI=1S/BH3.H3N.H2O.H3P/h2*1H3;1H2;1H3. The molecular formula is H11BNOP. The Bertz CT molecular complexity index is 8.00. The predicted molar refractivity (Wildman–Crippen MR) is 29.7 cm³/mol. The maximum Gasteiger partial charge on any atom is 0.0814 e. The average molecular weight is 82.9 g/mol. The summed E-state index contributed by atoms with van der Waals surface area (Å²) in [5, 5.41) is 0. The van der Waals surface area contributed by atoms with Gasteiger partial charge in [-0.1, -0.05) is 0 Å². The van der Waals surface area contributed by atoms with Gasteiger partial charge >= 0.3 is 0 Å². The van der Waals surface area contributed by atoms with Gasteiger partial charge in [-0.3, -0.25) is 0 Å². The van der Waals surface area contributed by atoms with Crippen molar-refractivity contribution in [3.05, 3.63) is 0 Å². The second-order valence-corrected chi connectivity index (χ2v) is 0. The minimum atomic E-state index is 0. The molecule has 0 aliphatic heterocycles. The van der Waals surface area contributed by atoms with Crippen LogP contribution in [-0.4, -0.2) is 13.9 Å². The van der Waals surface area contributed by atoms with Crippen LogP contribution in [0.3, 0.4) is 0 Å². The average Bonchev–Trinajstić information content (AvgIpc) is 0. The van der Waals surface area contributed by atoms with Gasteiger partial charge in [-0.25, -0.2) is 0 Å². The van der Waals surface area contributed by atoms with Crippen LogP contribution < -0.4 is 6.15 Å². The topological polar surface area (TPSA) is 66.5 Å². The summed E-state index contributed by atoms with van der Waals surface area (Å²) in [6.45, 7) is 0. The molecule has 1 atom stereocenters. The maximum atomic E-state index is 0. The monoisotopic (exact) mass is 83.1 g/mol. The van der Waals surface area contributed by atoms with E-state index in [4.69, 9.17) is 0 Å². The van der Waals surface area contributed by atoms with Crippen LogP contribution in [0.5, 0.6) is 0 Å². The van der Waals surface area contributed by atoms with E-state index >= 15 is 0 Å². The Morgan fingerprint density at radius 3 is 1.00 bits per heavy atom. The Labute approximate surface area is 31.1 Å². The van der Waals surface area contributed by atoms with E-state index in [-0.39, 0.29) is 29.9 Å². The Morgan fingerprint density at radius 2 is 1.00 bits per heavy atom. The van der Waals surface area contributed by atoms with Crippen LogP contribution in [0.4, 0.5) is 0 Å². The van der Waals surface area contributed by atoms with Crippen LogP contribution in [0.15, 0.2) is 0 Å². The lowest BCUT2D eigenvalue weighted by molar-refractivity contribution is 0.824. The van der Waals surface area contributed by atoms with Gasteiger partial charge in [0.25, 0.3) is 0 Å². The third-order valence-electron chi connectivity index (χ3n) is 0. The lowest BCUT2D eigenvalue weighted by Gasteiger charge is -0.412. The molecule has 4 heteroatoms. The summed E-state index contributed by atoms with van der Waals surface area (Å²) in [7, 11) is 0. The highest BCUT2D eigenvalue weighted by atomic mass is 31.0. The van der Waals surface area contributed by atoms with Gasteiger partial charge in [-0.2, -0.15) is 9.90 Å². The number of rotatable bonds is 0. The summed E-state index contributed by atoms with van der Waals surface area (Å²) < 4.78 is 0. The molecule has 30 valence electrons. The zero-order chi connectivity index (χ0) is 0. The van der Waals surface area contributed by atoms with Crippen molar-refractivity contribution in [3.63, 3.8) is 0 Å². The van der Waals surface area contributed by atoms with Gasteiger partial charge in [0.15, 0.2) is 0 Å². The predicted octanol–water partition coefficient (Wildman–Crippen LogP) is -1.79. The first kappa shape index (κ1) is 299. The van der Waals surface area contributed by atoms with Gasteiger partial charge in [0.1, 0.15) is 0 Å². The molecule has 0 saturated heterocycles. The molecule has 4 heavy (non-hydrogen) atoms. The summed E-state index contributed by atoms with van der Waals surface area (Å²) in [6, 6.07) is 0. The molecule has 0 aromatic rings. The fourth-order valence-corrected chi connectivity index (χ4v) is 0. The second kappa shape index (κ2) is 116. The molecule has 0 aliphatic carbocycles. The van der Waals surface area contributed by atoms with Gasteiger partial charge in [0.2, 0.25) is 0 Å². The Morgan fingerprint density at radius 1 is 1.00 bits per heavy atom. The minimum absolute atomic E-state index is 0. The Balaban J connectivity index is 0. The van der Waals surface area contributed by atoms with E-state index in [1.807, 2.05) is 0 Å². The fourth-order valence-electron chi connectivity index (χ4n) is 0. The van der Waals surface area contributed by atoms with E-state index in [9.17, 15) is 0 Å². The number of hydrogen-bond donors (Lipinski definition) is 1. The lowest BCUT2D eigenvalue weighted by Crippen LogP contribution is -0.481. The fraction of sp³-hybridized carbons (Fsp3) is 0. The van der Waals surface area contributed by atoms with Crippen molar-refractivity contribution < 1.29 is 5.48 Å². The molecule has 1 unspecified atom stereocenters. The molecule has 0 aromatic carbocycles. The smallest absolute Gasteiger partial charge is 0.0814 e. The van der Waals surface area contributed by atoms with Gasteiger partial charge < -0.3 is 11.6 Å². The molecule has 2 nitrogen and oxygen atoms in total. The third-order valence-corrected chi connectivity index (χ3v) is 0. The Kier molecular flexibility index (Phi) is 8650. The molecular weight excluding hydrogens is 71.8 g/mol. The molecule has 0 amide bonds. The summed E-state index contributed by atoms with van der Waals surface area (Å²) in [6.07, 6.45) is 0. The van der Waals surface area contributed by atoms with Crippen LogP contribution >= 0.6 is 9.90 Å². The van der Waals surface area contributed by atoms with E-state index in [1.54, 1.807) is 0 Å². The van der Waals surface area contributed by atoms with Gasteiger partial charge in [-0.15, -0.1) is 0 Å². The maximum absolute atomic E-state index is 0. The zero-order valence-corrected chi connectivity index (χ0v) is 3.33. The van der Waals surface area contributed by atoms with E-state index in [0.29, 0.717) is 0 Å². The van der Waals surface area contributed by atoms with Crippen molar-refractivity contribution in [3.8, 4) is 0 Å². The van der Waals surface area contributed by atoms with Crippen molar-refractivity contribution in [2.45, 2.75) is 0 Å². The summed E-state index contributed by atoms with van der Waals surface area (Å²) in [5.41, 5.74) is 0. The van der Waals surface area contributed by atoms with E-state index in [1.165, 1.54) is 0 Å². The molecule has 0 fully saturated rings. The molecule has 0 saturated carbocycles. The first-order valence-corrected chi connectivity index (χ1v) is 0. The summed E-state index contributed by atoms with van der Waals surface area (Å²) in [5.74, 6) is 0. The largest absolute Gasteiger partial charge is 0.412 e. The highest BCUT2D eigenvalue weighted by Crippen LogP contribution is 0.861. The summed E-state index contributed by atoms with van der Waals surface area (Å²) >= 11 is 0. The van der Waals surface area contributed by atoms with Crippen LogP contribution in [0.25, 0.3) is 0 Å². The van der Waals surface area contributed by atoms with E-state index in [0.717, 1.165) is 0 Å². The second-order valence-electron chi connectivity index (χ2n) is 0. The van der Waals surface area contributed by atoms with Crippen molar-refractivity contribution in [1.29, 1.82) is 0 Å². The zero-order valence-electron chi connectivity index (χ0n) is 1.91. The van der Waals surface area contributed by atoms with Crippen LogP contribution in [-0.2, 0) is 0 Å². The van der Waals surface area contributed by atoms with E-state index < -0.39 is 0 Å². The molecule has 0 rings (SSSR count).